The maximum absolute atomic E-state index is 12.6. The molecule has 1 heterocycles. The number of hydrogen-bond donors (Lipinski definition) is 0. The van der Waals surface area contributed by atoms with E-state index in [0.717, 1.165) is 37.1 Å². The van der Waals surface area contributed by atoms with Gasteiger partial charge in [-0.1, -0.05) is 19.1 Å². The van der Waals surface area contributed by atoms with Crippen molar-refractivity contribution in [3.05, 3.63) is 35.4 Å². The van der Waals surface area contributed by atoms with Crippen LogP contribution < -0.4 is 0 Å². The predicted octanol–water partition coefficient (Wildman–Crippen LogP) is 3.37. The molecule has 0 radical (unpaired) electrons. The smallest absolute Gasteiger partial charge is 0.253 e. The number of amides is 1. The lowest BCUT2D eigenvalue weighted by Crippen LogP contribution is -2.45. The van der Waals surface area contributed by atoms with Crippen LogP contribution in [0.25, 0.3) is 0 Å². The van der Waals surface area contributed by atoms with Crippen LogP contribution in [-0.2, 0) is 5.88 Å². The van der Waals surface area contributed by atoms with Crippen molar-refractivity contribution < 1.29 is 4.79 Å². The molecule has 21 heavy (non-hydrogen) atoms. The Balaban J connectivity index is 1.96. The lowest BCUT2D eigenvalue weighted by atomic mass is 10.0. The van der Waals surface area contributed by atoms with Crippen molar-refractivity contribution in [2.75, 3.05) is 26.7 Å². The van der Waals surface area contributed by atoms with Crippen LogP contribution in [0.2, 0.25) is 0 Å². The Morgan fingerprint density at radius 1 is 1.38 bits per heavy atom. The zero-order valence-corrected chi connectivity index (χ0v) is 13.8. The van der Waals surface area contributed by atoms with E-state index in [1.165, 1.54) is 13.0 Å². The second-order valence-corrected chi connectivity index (χ2v) is 6.09. The largest absolute Gasteiger partial charge is 0.339 e. The fourth-order valence-corrected chi connectivity index (χ4v) is 3.17. The van der Waals surface area contributed by atoms with Crippen molar-refractivity contribution in [2.24, 2.45) is 0 Å². The van der Waals surface area contributed by atoms with Crippen molar-refractivity contribution in [2.45, 2.75) is 38.1 Å². The van der Waals surface area contributed by atoms with Gasteiger partial charge in [-0.2, -0.15) is 0 Å². The van der Waals surface area contributed by atoms with Crippen LogP contribution in [0.15, 0.2) is 24.3 Å². The number of benzene rings is 1. The predicted molar refractivity (Wildman–Crippen MR) is 87.8 cm³/mol. The van der Waals surface area contributed by atoms with E-state index in [4.69, 9.17) is 11.6 Å². The summed E-state index contributed by atoms with van der Waals surface area (Å²) in [5, 5.41) is 0. The SMILES string of the molecule is CCCN1CCC(N(C)C(=O)c2cccc(CCl)c2)CC1. The third-order valence-electron chi connectivity index (χ3n) is 4.29. The van der Waals surface area contributed by atoms with E-state index in [2.05, 4.69) is 11.8 Å². The third-order valence-corrected chi connectivity index (χ3v) is 4.60. The van der Waals surface area contributed by atoms with Crippen LogP contribution in [-0.4, -0.2) is 48.4 Å². The van der Waals surface area contributed by atoms with Gasteiger partial charge in [-0.3, -0.25) is 4.79 Å². The quantitative estimate of drug-likeness (QED) is 0.779. The Morgan fingerprint density at radius 3 is 2.71 bits per heavy atom. The van der Waals surface area contributed by atoms with E-state index >= 15 is 0 Å². The summed E-state index contributed by atoms with van der Waals surface area (Å²) in [6.07, 6.45) is 3.33. The van der Waals surface area contributed by atoms with Gasteiger partial charge < -0.3 is 9.80 Å². The first-order valence-electron chi connectivity index (χ1n) is 7.80. The molecule has 3 nitrogen and oxygen atoms in total. The third kappa shape index (κ3) is 4.21. The van der Waals surface area contributed by atoms with Gasteiger partial charge in [-0.15, -0.1) is 11.6 Å². The first-order chi connectivity index (χ1) is 10.2. The number of carbonyl (C=O) groups is 1. The fraction of sp³-hybridized carbons (Fsp3) is 0.588. The molecule has 1 aromatic rings. The molecule has 1 aliphatic rings. The van der Waals surface area contributed by atoms with E-state index in [1.807, 2.05) is 36.2 Å². The lowest BCUT2D eigenvalue weighted by molar-refractivity contribution is 0.0642. The van der Waals surface area contributed by atoms with E-state index < -0.39 is 0 Å². The number of nitrogens with zero attached hydrogens (tertiary/aromatic N) is 2. The molecule has 0 spiro atoms. The van der Waals surface area contributed by atoms with Crippen LogP contribution in [0.4, 0.5) is 0 Å². The summed E-state index contributed by atoms with van der Waals surface area (Å²) in [6, 6.07) is 7.99. The van der Waals surface area contributed by atoms with Crippen molar-refractivity contribution in [1.82, 2.24) is 9.80 Å². The van der Waals surface area contributed by atoms with Crippen LogP contribution >= 0.6 is 11.6 Å². The number of hydrogen-bond acceptors (Lipinski definition) is 2. The summed E-state index contributed by atoms with van der Waals surface area (Å²) >= 11 is 5.85. The van der Waals surface area contributed by atoms with Gasteiger partial charge in [0.15, 0.2) is 0 Å². The fourth-order valence-electron chi connectivity index (χ4n) is 3.00. The van der Waals surface area contributed by atoms with Crippen molar-refractivity contribution in [3.8, 4) is 0 Å². The summed E-state index contributed by atoms with van der Waals surface area (Å²) in [5.74, 6) is 0.552. The average molecular weight is 309 g/mol. The summed E-state index contributed by atoms with van der Waals surface area (Å²) in [4.78, 5) is 17.0. The average Bonchev–Trinajstić information content (AvgIpc) is 2.54. The Labute approximate surface area is 132 Å². The number of rotatable bonds is 5. The molecule has 1 aliphatic heterocycles. The van der Waals surface area contributed by atoms with Crippen LogP contribution in [0.1, 0.15) is 42.1 Å². The minimum atomic E-state index is 0.107. The van der Waals surface area contributed by atoms with Crippen LogP contribution in [0, 0.1) is 0 Å². The Kier molecular flexibility index (Phi) is 6.07. The Hall–Kier alpha value is -1.06. The molecule has 0 N–H and O–H groups in total. The molecular weight excluding hydrogens is 284 g/mol. The molecule has 0 aromatic heterocycles. The first-order valence-corrected chi connectivity index (χ1v) is 8.33. The second-order valence-electron chi connectivity index (χ2n) is 5.82. The molecule has 2 rings (SSSR count). The molecular formula is C17H25ClN2O. The summed E-state index contributed by atoms with van der Waals surface area (Å²) < 4.78 is 0. The minimum absolute atomic E-state index is 0.107. The lowest BCUT2D eigenvalue weighted by Gasteiger charge is -2.36. The highest BCUT2D eigenvalue weighted by Crippen LogP contribution is 2.18. The van der Waals surface area contributed by atoms with E-state index in [9.17, 15) is 4.79 Å². The number of alkyl halides is 1. The molecule has 1 fully saturated rings. The molecule has 0 atom stereocenters. The normalized spacial score (nSPS) is 16.9. The van der Waals surface area contributed by atoms with Gasteiger partial charge in [0, 0.05) is 37.6 Å². The van der Waals surface area contributed by atoms with E-state index in [-0.39, 0.29) is 5.91 Å². The number of piperidine rings is 1. The highest BCUT2D eigenvalue weighted by molar-refractivity contribution is 6.17. The van der Waals surface area contributed by atoms with Crippen molar-refractivity contribution in [1.29, 1.82) is 0 Å². The van der Waals surface area contributed by atoms with E-state index in [1.54, 1.807) is 0 Å². The zero-order valence-electron chi connectivity index (χ0n) is 13.0. The summed E-state index contributed by atoms with van der Waals surface area (Å²) in [7, 11) is 1.93. The summed E-state index contributed by atoms with van der Waals surface area (Å²) in [5.41, 5.74) is 1.74. The summed E-state index contributed by atoms with van der Waals surface area (Å²) in [6.45, 7) is 5.57. The van der Waals surface area contributed by atoms with Gasteiger partial charge in [0.1, 0.15) is 0 Å². The molecule has 0 bridgehead atoms. The topological polar surface area (TPSA) is 23.6 Å². The van der Waals surface area contributed by atoms with Crippen LogP contribution in [0.5, 0.6) is 0 Å². The molecule has 1 amide bonds. The number of likely N-dealkylation sites (tertiary alicyclic amines) is 1. The Bertz CT molecular complexity index is 470. The molecule has 0 unspecified atom stereocenters. The minimum Gasteiger partial charge on any atom is -0.339 e. The van der Waals surface area contributed by atoms with Gasteiger partial charge in [0.2, 0.25) is 0 Å². The zero-order chi connectivity index (χ0) is 15.2. The highest BCUT2D eigenvalue weighted by Gasteiger charge is 2.25. The maximum Gasteiger partial charge on any atom is 0.253 e. The monoisotopic (exact) mass is 308 g/mol. The molecule has 4 heteroatoms. The molecule has 116 valence electrons. The Morgan fingerprint density at radius 2 is 2.10 bits per heavy atom. The molecule has 1 aromatic carbocycles. The molecule has 1 saturated heterocycles. The highest BCUT2D eigenvalue weighted by atomic mass is 35.5. The van der Waals surface area contributed by atoms with Crippen LogP contribution in [0.3, 0.4) is 0 Å². The van der Waals surface area contributed by atoms with Gasteiger partial charge in [0.25, 0.3) is 5.91 Å². The van der Waals surface area contributed by atoms with Gasteiger partial charge in [-0.05, 0) is 43.5 Å². The molecule has 0 aliphatic carbocycles. The van der Waals surface area contributed by atoms with Crippen molar-refractivity contribution >= 4 is 17.5 Å². The molecule has 0 saturated carbocycles. The second kappa shape index (κ2) is 7.81. The maximum atomic E-state index is 12.6. The number of carbonyl (C=O) groups excluding carboxylic acids is 1. The van der Waals surface area contributed by atoms with E-state index in [0.29, 0.717) is 11.9 Å². The van der Waals surface area contributed by atoms with Gasteiger partial charge in [-0.25, -0.2) is 0 Å². The first kappa shape index (κ1) is 16.3. The van der Waals surface area contributed by atoms with Gasteiger partial charge >= 0.3 is 0 Å². The van der Waals surface area contributed by atoms with Gasteiger partial charge in [0.05, 0.1) is 0 Å². The standard InChI is InChI=1S/C17H25ClN2O/c1-3-9-20-10-7-16(8-11-20)19(2)17(21)15-6-4-5-14(12-15)13-18/h4-6,12,16H,3,7-11,13H2,1-2H3. The van der Waals surface area contributed by atoms with Crippen molar-refractivity contribution in [3.63, 3.8) is 0 Å². The number of halogens is 1.